The Balaban J connectivity index is 2.22. The molecule has 0 saturated carbocycles. The number of benzene rings is 2. The van der Waals surface area contributed by atoms with Gasteiger partial charge in [0.25, 0.3) is 0 Å². The minimum absolute atomic E-state index is 0.172. The van der Waals surface area contributed by atoms with Gasteiger partial charge in [0.05, 0.1) is 23.6 Å². The van der Waals surface area contributed by atoms with Crippen molar-refractivity contribution in [1.82, 2.24) is 0 Å². The fraction of sp³-hybridized carbons (Fsp3) is 0.176. The Bertz CT molecular complexity index is 642. The molecule has 0 saturated heterocycles. The average molecular weight is 246 g/mol. The predicted octanol–water partition coefficient (Wildman–Crippen LogP) is 3.72. The van der Waals surface area contributed by atoms with Crippen LogP contribution in [0.25, 0.3) is 0 Å². The van der Waals surface area contributed by atoms with Gasteiger partial charge in [0.2, 0.25) is 0 Å². The van der Waals surface area contributed by atoms with Gasteiger partial charge in [0.15, 0.2) is 0 Å². The molecule has 0 aliphatic carbocycles. The van der Waals surface area contributed by atoms with Crippen LogP contribution >= 0.6 is 0 Å². The molecule has 2 heteroatoms. The predicted molar refractivity (Wildman–Crippen MR) is 74.4 cm³/mol. The second kappa shape index (κ2) is 5.85. The molecule has 0 spiro atoms. The molecule has 0 bridgehead atoms. The van der Waals surface area contributed by atoms with Crippen LogP contribution < -0.4 is 0 Å². The Labute approximate surface area is 113 Å². The van der Waals surface area contributed by atoms with Gasteiger partial charge >= 0.3 is 0 Å². The molecule has 0 aliphatic rings. The molecule has 0 aliphatic heterocycles. The lowest BCUT2D eigenvalue weighted by Gasteiger charge is -2.10. The van der Waals surface area contributed by atoms with E-state index in [1.807, 2.05) is 49.4 Å². The van der Waals surface area contributed by atoms with Crippen molar-refractivity contribution < 1.29 is 0 Å². The van der Waals surface area contributed by atoms with Crippen LogP contribution in [-0.2, 0) is 6.42 Å². The average Bonchev–Trinajstić information content (AvgIpc) is 2.46. The van der Waals surface area contributed by atoms with Gasteiger partial charge in [-0.15, -0.1) is 0 Å². The van der Waals surface area contributed by atoms with E-state index < -0.39 is 0 Å². The van der Waals surface area contributed by atoms with Gasteiger partial charge in [-0.05, 0) is 36.6 Å². The summed E-state index contributed by atoms with van der Waals surface area (Å²) in [5.41, 5.74) is 3.87. The number of hydrogen-bond donors (Lipinski definition) is 0. The highest BCUT2D eigenvalue weighted by Gasteiger charge is 2.11. The van der Waals surface area contributed by atoms with Crippen molar-refractivity contribution in [3.63, 3.8) is 0 Å². The molecular formula is C17H14N2. The van der Waals surface area contributed by atoms with Gasteiger partial charge in [-0.1, -0.05) is 42.0 Å². The van der Waals surface area contributed by atoms with Gasteiger partial charge in [0, 0.05) is 0 Å². The quantitative estimate of drug-likeness (QED) is 0.828. The van der Waals surface area contributed by atoms with Crippen LogP contribution in [0.2, 0.25) is 0 Å². The highest BCUT2D eigenvalue weighted by Crippen LogP contribution is 2.21. The number of rotatable bonds is 3. The topological polar surface area (TPSA) is 47.6 Å². The van der Waals surface area contributed by atoms with E-state index in [9.17, 15) is 5.26 Å². The molecule has 1 atom stereocenters. The van der Waals surface area contributed by atoms with Gasteiger partial charge < -0.3 is 0 Å². The van der Waals surface area contributed by atoms with E-state index >= 15 is 0 Å². The van der Waals surface area contributed by atoms with E-state index in [1.165, 1.54) is 5.56 Å². The number of hydrogen-bond acceptors (Lipinski definition) is 2. The summed E-state index contributed by atoms with van der Waals surface area (Å²) in [6.45, 7) is 2.03. The Hall–Kier alpha value is -2.58. The molecule has 19 heavy (non-hydrogen) atoms. The van der Waals surface area contributed by atoms with Crippen LogP contribution in [0.5, 0.6) is 0 Å². The normalized spacial score (nSPS) is 11.3. The van der Waals surface area contributed by atoms with E-state index in [1.54, 1.807) is 6.07 Å². The van der Waals surface area contributed by atoms with Gasteiger partial charge in [-0.3, -0.25) is 0 Å². The molecule has 0 heterocycles. The Morgan fingerprint density at radius 3 is 2.42 bits per heavy atom. The zero-order chi connectivity index (χ0) is 13.7. The van der Waals surface area contributed by atoms with E-state index in [2.05, 4.69) is 12.1 Å². The first-order valence-corrected chi connectivity index (χ1v) is 6.18. The molecule has 2 rings (SSSR count). The van der Waals surface area contributed by atoms with Crippen molar-refractivity contribution in [1.29, 1.82) is 10.5 Å². The summed E-state index contributed by atoms with van der Waals surface area (Å²) in [6, 6.07) is 19.9. The minimum Gasteiger partial charge on any atom is -0.198 e. The summed E-state index contributed by atoms with van der Waals surface area (Å²) in [5.74, 6) is -0.172. The van der Waals surface area contributed by atoms with E-state index in [-0.39, 0.29) is 5.92 Å². The third kappa shape index (κ3) is 3.21. The van der Waals surface area contributed by atoms with Crippen molar-refractivity contribution in [2.45, 2.75) is 19.3 Å². The first-order valence-electron chi connectivity index (χ1n) is 6.18. The fourth-order valence-corrected chi connectivity index (χ4v) is 2.04. The molecule has 1 unspecified atom stereocenters. The summed E-state index contributed by atoms with van der Waals surface area (Å²) in [4.78, 5) is 0. The second-order valence-electron chi connectivity index (χ2n) is 4.61. The van der Waals surface area contributed by atoms with Crippen molar-refractivity contribution >= 4 is 0 Å². The maximum absolute atomic E-state index is 9.32. The van der Waals surface area contributed by atoms with Crippen LogP contribution in [0.4, 0.5) is 0 Å². The van der Waals surface area contributed by atoms with Crippen molar-refractivity contribution in [2.75, 3.05) is 0 Å². The minimum atomic E-state index is -0.172. The molecular weight excluding hydrogens is 232 g/mol. The van der Waals surface area contributed by atoms with E-state index in [0.29, 0.717) is 12.0 Å². The van der Waals surface area contributed by atoms with Crippen LogP contribution in [-0.4, -0.2) is 0 Å². The molecule has 0 N–H and O–H groups in total. The Morgan fingerprint density at radius 1 is 1.05 bits per heavy atom. The smallest absolute Gasteiger partial charge is 0.0991 e. The molecule has 0 aromatic heterocycles. The number of nitrogens with zero attached hydrogens (tertiary/aromatic N) is 2. The molecule has 0 amide bonds. The molecule has 2 nitrogen and oxygen atoms in total. The fourth-order valence-electron chi connectivity index (χ4n) is 2.04. The summed E-state index contributed by atoms with van der Waals surface area (Å²) in [7, 11) is 0. The Kier molecular flexibility index (Phi) is 3.96. The van der Waals surface area contributed by atoms with Crippen LogP contribution in [0.3, 0.4) is 0 Å². The molecule has 92 valence electrons. The maximum atomic E-state index is 9.32. The third-order valence-electron chi connectivity index (χ3n) is 3.13. The SMILES string of the molecule is Cc1ccc(C(C#N)Cc2cccc(C#N)c2)cc1. The highest BCUT2D eigenvalue weighted by molar-refractivity contribution is 5.36. The molecule has 2 aromatic carbocycles. The number of nitriles is 2. The van der Waals surface area contributed by atoms with Crippen LogP contribution in [0.15, 0.2) is 48.5 Å². The monoisotopic (exact) mass is 246 g/mol. The molecule has 0 fully saturated rings. The zero-order valence-electron chi connectivity index (χ0n) is 10.8. The highest BCUT2D eigenvalue weighted by atomic mass is 14.3. The summed E-state index contributed by atoms with van der Waals surface area (Å²) in [6.07, 6.45) is 0.634. The third-order valence-corrected chi connectivity index (χ3v) is 3.13. The summed E-state index contributed by atoms with van der Waals surface area (Å²) in [5, 5.41) is 18.2. The lowest BCUT2D eigenvalue weighted by Crippen LogP contribution is -2.00. The van der Waals surface area contributed by atoms with Gasteiger partial charge in [0.1, 0.15) is 0 Å². The largest absolute Gasteiger partial charge is 0.198 e. The Morgan fingerprint density at radius 2 is 1.79 bits per heavy atom. The lowest BCUT2D eigenvalue weighted by atomic mass is 9.92. The van der Waals surface area contributed by atoms with Crippen molar-refractivity contribution in [2.24, 2.45) is 0 Å². The summed E-state index contributed by atoms with van der Waals surface area (Å²) < 4.78 is 0. The zero-order valence-corrected chi connectivity index (χ0v) is 10.8. The molecule has 0 radical (unpaired) electrons. The number of aryl methyl sites for hydroxylation is 1. The van der Waals surface area contributed by atoms with Gasteiger partial charge in [-0.25, -0.2) is 0 Å². The maximum Gasteiger partial charge on any atom is 0.0991 e. The molecule has 2 aromatic rings. The standard InChI is InChI=1S/C17H14N2/c1-13-5-7-16(8-6-13)17(12-19)10-14-3-2-4-15(9-14)11-18/h2-9,17H,10H2,1H3. The first kappa shape index (κ1) is 12.9. The van der Waals surface area contributed by atoms with Crippen molar-refractivity contribution in [3.8, 4) is 12.1 Å². The van der Waals surface area contributed by atoms with Crippen molar-refractivity contribution in [3.05, 3.63) is 70.8 Å². The van der Waals surface area contributed by atoms with Crippen LogP contribution in [0.1, 0.15) is 28.2 Å². The van der Waals surface area contributed by atoms with E-state index in [0.717, 1.165) is 11.1 Å². The first-order chi connectivity index (χ1) is 9.22. The second-order valence-corrected chi connectivity index (χ2v) is 4.61. The van der Waals surface area contributed by atoms with Gasteiger partial charge in [-0.2, -0.15) is 10.5 Å². The van der Waals surface area contributed by atoms with Crippen LogP contribution in [0, 0.1) is 29.6 Å². The summed E-state index contributed by atoms with van der Waals surface area (Å²) >= 11 is 0. The lowest BCUT2D eigenvalue weighted by molar-refractivity contribution is 0.848. The van der Waals surface area contributed by atoms with E-state index in [4.69, 9.17) is 5.26 Å².